The molecule has 2 amide bonds. The van der Waals surface area contributed by atoms with Crippen molar-refractivity contribution >= 4 is 23.7 Å². The van der Waals surface area contributed by atoms with Crippen LogP contribution >= 0.6 is 0 Å². The van der Waals surface area contributed by atoms with E-state index in [0.29, 0.717) is 22.6 Å². The zero-order valence-corrected chi connectivity index (χ0v) is 25.5. The molecule has 5 rings (SSSR count). The Hall–Kier alpha value is -5.78. The number of carbonyl (C=O) groups is 3. The first kappa shape index (κ1) is 31.6. The zero-order chi connectivity index (χ0) is 33.0. The summed E-state index contributed by atoms with van der Waals surface area (Å²) < 4.78 is 31.1. The van der Waals surface area contributed by atoms with E-state index in [0.717, 1.165) is 11.1 Å². The second kappa shape index (κ2) is 13.1. The Morgan fingerprint density at radius 3 is 2.33 bits per heavy atom. The largest absolute Gasteiger partial charge is 0.480 e. The molecule has 1 atom stereocenters. The van der Waals surface area contributed by atoms with Gasteiger partial charge in [-0.25, -0.2) is 14.0 Å². The molecule has 2 heterocycles. The molecule has 2 aromatic heterocycles. The molecule has 0 radical (unpaired) electrons. The molecule has 3 aromatic carbocycles. The van der Waals surface area contributed by atoms with E-state index in [4.69, 9.17) is 13.7 Å². The number of amides is 2. The molecular weight excluding hydrogens is 595 g/mol. The van der Waals surface area contributed by atoms with Crippen LogP contribution in [0.15, 0.2) is 87.8 Å². The van der Waals surface area contributed by atoms with E-state index in [2.05, 4.69) is 20.8 Å². The topological polar surface area (TPSA) is 157 Å². The van der Waals surface area contributed by atoms with Gasteiger partial charge >= 0.3 is 12.1 Å². The van der Waals surface area contributed by atoms with Crippen molar-refractivity contribution in [1.82, 2.24) is 15.5 Å². The van der Waals surface area contributed by atoms with Gasteiger partial charge in [-0.15, -0.1) is 0 Å². The molecule has 0 fully saturated rings. The van der Waals surface area contributed by atoms with Crippen molar-refractivity contribution in [2.45, 2.75) is 45.8 Å². The third-order valence-corrected chi connectivity index (χ3v) is 6.68. The van der Waals surface area contributed by atoms with Gasteiger partial charge in [-0.1, -0.05) is 41.1 Å². The van der Waals surface area contributed by atoms with Crippen LogP contribution in [-0.2, 0) is 16.0 Å². The van der Waals surface area contributed by atoms with Gasteiger partial charge in [0, 0.05) is 23.2 Å². The highest BCUT2D eigenvalue weighted by molar-refractivity contribution is 5.95. The first-order valence-electron chi connectivity index (χ1n) is 14.3. The van der Waals surface area contributed by atoms with Gasteiger partial charge < -0.3 is 24.1 Å². The van der Waals surface area contributed by atoms with E-state index in [1.165, 1.54) is 24.3 Å². The number of furan rings is 1. The highest BCUT2D eigenvalue weighted by Gasteiger charge is 2.24. The lowest BCUT2D eigenvalue weighted by atomic mass is 10.0. The van der Waals surface area contributed by atoms with Gasteiger partial charge in [-0.2, -0.15) is 4.98 Å². The Balaban J connectivity index is 1.27. The van der Waals surface area contributed by atoms with Crippen LogP contribution in [0, 0.1) is 12.7 Å². The minimum Gasteiger partial charge on any atom is -0.480 e. The van der Waals surface area contributed by atoms with Gasteiger partial charge in [-0.05, 0) is 81.8 Å². The van der Waals surface area contributed by atoms with E-state index >= 15 is 0 Å². The summed E-state index contributed by atoms with van der Waals surface area (Å²) in [4.78, 5) is 41.2. The molecule has 0 bridgehead atoms. The van der Waals surface area contributed by atoms with Crippen LogP contribution in [0.5, 0.6) is 0 Å². The van der Waals surface area contributed by atoms with Gasteiger partial charge in [0.15, 0.2) is 5.76 Å². The van der Waals surface area contributed by atoms with Crippen LogP contribution in [0.25, 0.3) is 34.2 Å². The van der Waals surface area contributed by atoms with Crippen LogP contribution in [0.3, 0.4) is 0 Å². The molecule has 0 spiro atoms. The molecule has 0 aliphatic rings. The standard InChI is InChI=1S/C34H31FN4O7/c1-19-5-8-21(9-6-19)27-15-16-28(44-27)30(40)37-26(32(41)42)18-20-7-14-25(35)24(17-20)29-38-31(46-39-29)22-10-12-23(13-11-22)36-33(43)45-34(2,3)4/h5-17,26H,18H2,1-4H3,(H,36,43)(H,37,40)(H,41,42)/t26-/m1/s1. The van der Waals surface area contributed by atoms with Crippen LogP contribution in [0.1, 0.15) is 42.5 Å². The minimum absolute atomic E-state index is 0.0139. The summed E-state index contributed by atoms with van der Waals surface area (Å²) >= 11 is 0. The highest BCUT2D eigenvalue weighted by Crippen LogP contribution is 2.27. The summed E-state index contributed by atoms with van der Waals surface area (Å²) in [5, 5.41) is 18.8. The summed E-state index contributed by atoms with van der Waals surface area (Å²) in [6, 6.07) is 19.8. The van der Waals surface area contributed by atoms with E-state index < -0.39 is 35.4 Å². The van der Waals surface area contributed by atoms with Crippen molar-refractivity contribution in [3.05, 3.63) is 102 Å². The number of hydrogen-bond acceptors (Lipinski definition) is 8. The lowest BCUT2D eigenvalue weighted by Crippen LogP contribution is -2.42. The number of ether oxygens (including phenoxy) is 1. The normalized spacial score (nSPS) is 11.9. The number of carbonyl (C=O) groups excluding carboxylic acids is 2. The quantitative estimate of drug-likeness (QED) is 0.159. The van der Waals surface area contributed by atoms with E-state index in [1.807, 2.05) is 31.2 Å². The number of carboxylic acid groups (broad SMARTS) is 1. The van der Waals surface area contributed by atoms with Gasteiger partial charge in [-0.3, -0.25) is 10.1 Å². The number of aryl methyl sites for hydroxylation is 1. The van der Waals surface area contributed by atoms with Crippen molar-refractivity contribution in [3.63, 3.8) is 0 Å². The van der Waals surface area contributed by atoms with E-state index in [9.17, 15) is 23.9 Å². The molecule has 0 saturated heterocycles. The van der Waals surface area contributed by atoms with Crippen molar-refractivity contribution in [3.8, 4) is 34.2 Å². The lowest BCUT2D eigenvalue weighted by Gasteiger charge is -2.19. The van der Waals surface area contributed by atoms with Crippen LogP contribution in [0.2, 0.25) is 0 Å². The minimum atomic E-state index is -1.34. The monoisotopic (exact) mass is 626 g/mol. The van der Waals surface area contributed by atoms with Gasteiger partial charge in [0.05, 0.1) is 5.56 Å². The molecular formula is C34H31FN4O7. The number of aliphatic carboxylic acids is 1. The average molecular weight is 627 g/mol. The number of aromatic nitrogens is 2. The second-order valence-electron chi connectivity index (χ2n) is 11.5. The average Bonchev–Trinajstić information content (AvgIpc) is 3.69. The second-order valence-corrected chi connectivity index (χ2v) is 11.5. The molecule has 3 N–H and O–H groups in total. The fourth-order valence-corrected chi connectivity index (χ4v) is 4.44. The predicted molar refractivity (Wildman–Crippen MR) is 166 cm³/mol. The maximum atomic E-state index is 14.9. The van der Waals surface area contributed by atoms with Gasteiger partial charge in [0.1, 0.15) is 23.2 Å². The third-order valence-electron chi connectivity index (χ3n) is 6.68. The Bertz CT molecular complexity index is 1870. The van der Waals surface area contributed by atoms with Crippen LogP contribution in [-0.4, -0.2) is 44.9 Å². The number of anilines is 1. The number of nitrogens with zero attached hydrogens (tertiary/aromatic N) is 2. The highest BCUT2D eigenvalue weighted by atomic mass is 19.1. The molecule has 0 aliphatic heterocycles. The maximum Gasteiger partial charge on any atom is 0.412 e. The van der Waals surface area contributed by atoms with Crippen molar-refractivity contribution < 1.29 is 37.6 Å². The Morgan fingerprint density at radius 2 is 1.65 bits per heavy atom. The Kier molecular flexibility index (Phi) is 8.99. The number of carboxylic acids is 1. The SMILES string of the molecule is Cc1ccc(-c2ccc(C(=O)N[C@H](Cc3ccc(F)c(-c4noc(-c5ccc(NC(=O)OC(C)(C)C)cc5)n4)c3)C(=O)O)o2)cc1. The van der Waals surface area contributed by atoms with Crippen LogP contribution in [0.4, 0.5) is 14.9 Å². The molecule has 5 aromatic rings. The summed E-state index contributed by atoms with van der Waals surface area (Å²) in [5.41, 5.74) is 2.59. The molecule has 46 heavy (non-hydrogen) atoms. The van der Waals surface area contributed by atoms with Crippen LogP contribution < -0.4 is 10.6 Å². The fraction of sp³-hybridized carbons (Fsp3) is 0.206. The molecule has 0 aliphatic carbocycles. The molecule has 12 heteroatoms. The smallest absolute Gasteiger partial charge is 0.412 e. The molecule has 11 nitrogen and oxygen atoms in total. The Morgan fingerprint density at radius 1 is 0.957 bits per heavy atom. The Labute approximate surface area is 263 Å². The third kappa shape index (κ3) is 7.83. The van der Waals surface area contributed by atoms with E-state index in [-0.39, 0.29) is 29.5 Å². The zero-order valence-electron chi connectivity index (χ0n) is 25.5. The van der Waals surface area contributed by atoms with Crippen molar-refractivity contribution in [2.24, 2.45) is 0 Å². The molecule has 0 unspecified atom stereocenters. The number of halogens is 1. The first-order chi connectivity index (χ1) is 21.8. The fourth-order valence-electron chi connectivity index (χ4n) is 4.44. The first-order valence-corrected chi connectivity index (χ1v) is 14.3. The number of nitrogens with one attached hydrogen (secondary N) is 2. The summed E-state index contributed by atoms with van der Waals surface area (Å²) in [7, 11) is 0. The van der Waals surface area contributed by atoms with Gasteiger partial charge in [0.2, 0.25) is 5.82 Å². The predicted octanol–water partition coefficient (Wildman–Crippen LogP) is 6.88. The number of benzene rings is 3. The summed E-state index contributed by atoms with van der Waals surface area (Å²) in [6.45, 7) is 7.23. The number of hydrogen-bond donors (Lipinski definition) is 3. The summed E-state index contributed by atoms with van der Waals surface area (Å²) in [6.07, 6.45) is -0.759. The van der Waals surface area contributed by atoms with E-state index in [1.54, 1.807) is 51.1 Å². The maximum absolute atomic E-state index is 14.9. The van der Waals surface area contributed by atoms with Gasteiger partial charge in [0.25, 0.3) is 11.8 Å². The van der Waals surface area contributed by atoms with Crippen molar-refractivity contribution in [2.75, 3.05) is 5.32 Å². The molecule has 236 valence electrons. The molecule has 0 saturated carbocycles. The number of rotatable bonds is 9. The van der Waals surface area contributed by atoms with Crippen molar-refractivity contribution in [1.29, 1.82) is 0 Å². The summed E-state index contributed by atoms with van der Waals surface area (Å²) in [5.74, 6) is -2.17. The lowest BCUT2D eigenvalue weighted by molar-refractivity contribution is -0.139.